The number of benzene rings is 12. The Labute approximate surface area is 392 Å². The Hall–Kier alpha value is -8.78. The van der Waals surface area contributed by atoms with Gasteiger partial charge in [0.2, 0.25) is 0 Å². The monoisotopic (exact) mass is 851 g/mol. The summed E-state index contributed by atoms with van der Waals surface area (Å²) in [6.45, 7) is 0. The number of hydrogen-bond acceptors (Lipinski definition) is 1. The molecule has 0 aromatic heterocycles. The number of fused-ring (bicyclic) bond motifs is 4. The maximum atomic E-state index is 2.44. The van der Waals surface area contributed by atoms with E-state index in [9.17, 15) is 0 Å². The van der Waals surface area contributed by atoms with Crippen molar-refractivity contribution in [2.45, 2.75) is 0 Å². The van der Waals surface area contributed by atoms with Crippen LogP contribution in [0, 0.1) is 0 Å². The molecule has 0 fully saturated rings. The molecule has 0 saturated heterocycles. The van der Waals surface area contributed by atoms with Crippen molar-refractivity contribution in [2.24, 2.45) is 0 Å². The van der Waals surface area contributed by atoms with Crippen molar-refractivity contribution in [3.8, 4) is 66.8 Å². The minimum absolute atomic E-state index is 1.08. The van der Waals surface area contributed by atoms with Crippen molar-refractivity contribution in [1.82, 2.24) is 0 Å². The minimum Gasteiger partial charge on any atom is -0.310 e. The van der Waals surface area contributed by atoms with Crippen LogP contribution in [0.5, 0.6) is 0 Å². The second-order valence-corrected chi connectivity index (χ2v) is 17.3. The summed E-state index contributed by atoms with van der Waals surface area (Å²) in [6.07, 6.45) is 0. The van der Waals surface area contributed by atoms with Gasteiger partial charge in [0.25, 0.3) is 0 Å². The van der Waals surface area contributed by atoms with Gasteiger partial charge in [-0.3, -0.25) is 0 Å². The molecule has 314 valence electrons. The molecule has 0 radical (unpaired) electrons. The Kier molecular flexibility index (Phi) is 10.3. The zero-order chi connectivity index (χ0) is 44.5. The predicted molar refractivity (Wildman–Crippen MR) is 286 cm³/mol. The largest absolute Gasteiger partial charge is 0.310 e. The Morgan fingerprint density at radius 1 is 0.179 bits per heavy atom. The van der Waals surface area contributed by atoms with Crippen LogP contribution in [0.3, 0.4) is 0 Å². The molecular formula is C66H45N. The molecule has 0 spiro atoms. The number of rotatable bonds is 9. The lowest BCUT2D eigenvalue weighted by molar-refractivity contribution is 1.29. The summed E-state index contributed by atoms with van der Waals surface area (Å²) in [7, 11) is 0. The lowest BCUT2D eigenvalue weighted by Gasteiger charge is -2.28. The van der Waals surface area contributed by atoms with Crippen LogP contribution in [-0.4, -0.2) is 0 Å². The lowest BCUT2D eigenvalue weighted by Crippen LogP contribution is -2.10. The van der Waals surface area contributed by atoms with Gasteiger partial charge >= 0.3 is 0 Å². The van der Waals surface area contributed by atoms with E-state index in [-0.39, 0.29) is 0 Å². The molecule has 12 aromatic rings. The summed E-state index contributed by atoms with van der Waals surface area (Å²) in [6, 6.07) is 99.6. The first-order chi connectivity index (χ1) is 33.2. The van der Waals surface area contributed by atoms with Gasteiger partial charge in [-0.15, -0.1) is 0 Å². The second-order valence-electron chi connectivity index (χ2n) is 17.3. The van der Waals surface area contributed by atoms with Crippen molar-refractivity contribution in [2.75, 3.05) is 4.90 Å². The quantitative estimate of drug-likeness (QED) is 0.131. The smallest absolute Gasteiger partial charge is 0.0474 e. The molecule has 1 nitrogen and oxygen atoms in total. The van der Waals surface area contributed by atoms with Gasteiger partial charge < -0.3 is 4.90 Å². The van der Waals surface area contributed by atoms with Gasteiger partial charge in [0.05, 0.1) is 0 Å². The standard InChI is InChI=1S/C66H45N/c1-4-18-46(19-5-1)50-26-16-27-51(40-50)48-34-37-56(38-35-48)67(57-29-17-28-54(41-57)61-39-36-52(47-20-6-2-7-21-47)43-64(61)49-22-8-3-9-23-49)58-42-53-24-10-13-31-60(53)66(45-58)65-44-55-25-11-12-30-59(55)62-32-14-15-33-63(62)65/h1-45H. The lowest BCUT2D eigenvalue weighted by atomic mass is 9.90. The zero-order valence-electron chi connectivity index (χ0n) is 36.9. The fourth-order valence-corrected chi connectivity index (χ4v) is 9.96. The third-order valence-corrected chi connectivity index (χ3v) is 13.2. The number of anilines is 3. The average molecular weight is 852 g/mol. The molecule has 0 saturated carbocycles. The van der Waals surface area contributed by atoms with Crippen LogP contribution in [0.1, 0.15) is 0 Å². The van der Waals surface area contributed by atoms with Gasteiger partial charge in [0, 0.05) is 17.1 Å². The molecule has 0 aliphatic rings. The van der Waals surface area contributed by atoms with Crippen molar-refractivity contribution in [1.29, 1.82) is 0 Å². The van der Waals surface area contributed by atoms with E-state index in [0.717, 1.165) is 22.6 Å². The minimum atomic E-state index is 1.08. The molecule has 0 aliphatic carbocycles. The Morgan fingerprint density at radius 2 is 0.657 bits per heavy atom. The first-order valence-corrected chi connectivity index (χ1v) is 23.1. The van der Waals surface area contributed by atoms with Crippen LogP contribution in [0.4, 0.5) is 17.1 Å². The molecule has 67 heavy (non-hydrogen) atoms. The van der Waals surface area contributed by atoms with Crippen LogP contribution in [-0.2, 0) is 0 Å². The van der Waals surface area contributed by atoms with E-state index in [0.29, 0.717) is 0 Å². The third-order valence-electron chi connectivity index (χ3n) is 13.2. The first-order valence-electron chi connectivity index (χ1n) is 23.1. The SMILES string of the molecule is c1ccc(-c2cccc(-c3ccc(N(c4cccc(-c5ccc(-c6ccccc6)cc5-c5ccccc5)c4)c4cc(-c5cc6ccccc6c6ccccc56)c5ccccc5c4)cc3)c2)cc1. The third kappa shape index (κ3) is 7.63. The van der Waals surface area contributed by atoms with E-state index >= 15 is 0 Å². The van der Waals surface area contributed by atoms with E-state index in [1.807, 2.05) is 0 Å². The van der Waals surface area contributed by atoms with E-state index in [2.05, 4.69) is 278 Å². The summed E-state index contributed by atoms with van der Waals surface area (Å²) < 4.78 is 0. The van der Waals surface area contributed by atoms with Crippen LogP contribution in [0.25, 0.3) is 99.1 Å². The molecule has 0 N–H and O–H groups in total. The molecule has 0 bridgehead atoms. The van der Waals surface area contributed by atoms with Crippen LogP contribution in [0.2, 0.25) is 0 Å². The molecule has 12 aromatic carbocycles. The van der Waals surface area contributed by atoms with Gasteiger partial charge in [-0.05, 0) is 154 Å². The summed E-state index contributed by atoms with van der Waals surface area (Å²) in [5.74, 6) is 0. The predicted octanol–water partition coefficient (Wildman–Crippen LogP) is 18.6. The molecular weight excluding hydrogens is 807 g/mol. The van der Waals surface area contributed by atoms with E-state index in [1.54, 1.807) is 0 Å². The van der Waals surface area contributed by atoms with Crippen molar-refractivity contribution in [3.05, 3.63) is 273 Å². The highest BCUT2D eigenvalue weighted by Crippen LogP contribution is 2.45. The average Bonchev–Trinajstić information content (AvgIpc) is 3.41. The van der Waals surface area contributed by atoms with Crippen LogP contribution >= 0.6 is 0 Å². The van der Waals surface area contributed by atoms with Gasteiger partial charge in [-0.25, -0.2) is 0 Å². The summed E-state index contributed by atoms with van der Waals surface area (Å²) in [5, 5.41) is 7.41. The molecule has 0 heterocycles. The summed E-state index contributed by atoms with van der Waals surface area (Å²) in [4.78, 5) is 2.44. The van der Waals surface area contributed by atoms with Gasteiger partial charge in [-0.2, -0.15) is 0 Å². The maximum absolute atomic E-state index is 2.44. The normalized spacial score (nSPS) is 11.3. The van der Waals surface area contributed by atoms with E-state index < -0.39 is 0 Å². The van der Waals surface area contributed by atoms with E-state index in [1.165, 1.54) is 93.5 Å². The summed E-state index contributed by atoms with van der Waals surface area (Å²) in [5.41, 5.74) is 17.6. The first kappa shape index (κ1) is 39.8. The Bertz CT molecular complexity index is 3720. The highest BCUT2D eigenvalue weighted by molar-refractivity contribution is 6.16. The molecule has 1 heteroatoms. The number of hydrogen-bond donors (Lipinski definition) is 0. The van der Waals surface area contributed by atoms with Crippen LogP contribution < -0.4 is 4.90 Å². The van der Waals surface area contributed by atoms with Gasteiger partial charge in [0.1, 0.15) is 0 Å². The van der Waals surface area contributed by atoms with Gasteiger partial charge in [-0.1, -0.05) is 218 Å². The van der Waals surface area contributed by atoms with Crippen molar-refractivity contribution < 1.29 is 0 Å². The highest BCUT2D eigenvalue weighted by Gasteiger charge is 2.20. The fraction of sp³-hybridized carbons (Fsp3) is 0. The molecule has 0 unspecified atom stereocenters. The maximum Gasteiger partial charge on any atom is 0.0474 e. The zero-order valence-corrected chi connectivity index (χ0v) is 36.9. The molecule has 12 rings (SSSR count). The Balaban J connectivity index is 1.05. The fourth-order valence-electron chi connectivity index (χ4n) is 9.96. The summed E-state index contributed by atoms with van der Waals surface area (Å²) >= 11 is 0. The molecule has 0 aliphatic heterocycles. The second kappa shape index (κ2) is 17.3. The van der Waals surface area contributed by atoms with Crippen molar-refractivity contribution >= 4 is 49.4 Å². The van der Waals surface area contributed by atoms with Gasteiger partial charge in [0.15, 0.2) is 0 Å². The highest BCUT2D eigenvalue weighted by atomic mass is 15.1. The van der Waals surface area contributed by atoms with Crippen molar-refractivity contribution in [3.63, 3.8) is 0 Å². The number of nitrogens with zero attached hydrogens (tertiary/aromatic N) is 1. The molecule has 0 amide bonds. The van der Waals surface area contributed by atoms with E-state index in [4.69, 9.17) is 0 Å². The topological polar surface area (TPSA) is 3.24 Å². The Morgan fingerprint density at radius 3 is 1.34 bits per heavy atom. The van der Waals surface area contributed by atoms with Crippen LogP contribution in [0.15, 0.2) is 273 Å². The molecule has 0 atom stereocenters.